The number of nitrogens with zero attached hydrogens (tertiary/aromatic N) is 1. The van der Waals surface area contributed by atoms with Gasteiger partial charge >= 0.3 is 0 Å². The van der Waals surface area contributed by atoms with Crippen LogP contribution < -0.4 is 5.32 Å². The van der Waals surface area contributed by atoms with Gasteiger partial charge in [0.2, 0.25) is 5.91 Å². The van der Waals surface area contributed by atoms with Gasteiger partial charge < -0.3 is 10.2 Å². The van der Waals surface area contributed by atoms with Crippen LogP contribution in [0, 0.1) is 27.4 Å². The van der Waals surface area contributed by atoms with Gasteiger partial charge in [0.25, 0.3) is 5.09 Å². The molecule has 4 fully saturated rings. The smallest absolute Gasteiger partial charge is 0.294 e. The molecule has 0 spiro atoms. The molecule has 4 aliphatic rings. The molecule has 0 aliphatic heterocycles. The van der Waals surface area contributed by atoms with E-state index in [1.165, 1.54) is 6.42 Å². The highest BCUT2D eigenvalue weighted by Crippen LogP contribution is 2.61. The molecule has 4 rings (SSSR count). The highest BCUT2D eigenvalue weighted by Gasteiger charge is 2.58. The van der Waals surface area contributed by atoms with Crippen LogP contribution in [0.2, 0.25) is 0 Å². The van der Waals surface area contributed by atoms with E-state index in [9.17, 15) is 14.9 Å². The fourth-order valence-corrected chi connectivity index (χ4v) is 5.33. The Balaban J connectivity index is 1.80. The lowest BCUT2D eigenvalue weighted by molar-refractivity contribution is -0.761. The Morgan fingerprint density at radius 1 is 1.37 bits per heavy atom. The number of carbonyl (C=O) groups excluding carboxylic acids is 1. The summed E-state index contributed by atoms with van der Waals surface area (Å²) < 4.78 is 0. The number of amides is 1. The van der Waals surface area contributed by atoms with Crippen molar-refractivity contribution in [1.29, 1.82) is 0 Å². The van der Waals surface area contributed by atoms with Gasteiger partial charge in [-0.15, -0.1) is 10.1 Å². The fourth-order valence-electron chi connectivity index (χ4n) is 5.33. The summed E-state index contributed by atoms with van der Waals surface area (Å²) in [5.74, 6) is 1.18. The number of hydrogen-bond acceptors (Lipinski definition) is 4. The minimum Gasteiger partial charge on any atom is -0.351 e. The zero-order valence-corrected chi connectivity index (χ0v) is 11.2. The molecule has 0 radical (unpaired) electrons. The Hall–Kier alpha value is -1.33. The summed E-state index contributed by atoms with van der Waals surface area (Å²) >= 11 is 0. The van der Waals surface area contributed by atoms with Crippen LogP contribution in [0.1, 0.15) is 45.4 Å². The predicted molar refractivity (Wildman–Crippen MR) is 66.6 cm³/mol. The maximum atomic E-state index is 11.4. The topological polar surface area (TPSA) is 81.5 Å². The molecule has 1 N–H and O–H groups in total. The van der Waals surface area contributed by atoms with E-state index in [0.29, 0.717) is 11.8 Å². The normalized spacial score (nSPS) is 43.0. The molecule has 4 saturated carbocycles. The highest BCUT2D eigenvalue weighted by atomic mass is 16.9. The Morgan fingerprint density at radius 2 is 2.00 bits per heavy atom. The molecule has 0 unspecified atom stereocenters. The van der Waals surface area contributed by atoms with E-state index >= 15 is 0 Å². The Kier molecular flexibility index (Phi) is 2.73. The van der Waals surface area contributed by atoms with Crippen LogP contribution in [-0.2, 0) is 9.63 Å². The summed E-state index contributed by atoms with van der Waals surface area (Å²) in [6.45, 7) is 1.74. The van der Waals surface area contributed by atoms with Crippen molar-refractivity contribution in [2.24, 2.45) is 17.3 Å². The minimum absolute atomic E-state index is 0.00675. The molecule has 1 amide bonds. The lowest BCUT2D eigenvalue weighted by atomic mass is 9.47. The van der Waals surface area contributed by atoms with Gasteiger partial charge in [-0.2, -0.15) is 0 Å². The van der Waals surface area contributed by atoms with Crippen LogP contribution in [0.15, 0.2) is 0 Å². The summed E-state index contributed by atoms with van der Waals surface area (Å²) in [6, 6.07) is 0. The number of hydrogen-bond donors (Lipinski definition) is 1. The molecule has 19 heavy (non-hydrogen) atoms. The van der Waals surface area contributed by atoms with Crippen LogP contribution in [-0.4, -0.2) is 23.1 Å². The first kappa shape index (κ1) is 12.7. The van der Waals surface area contributed by atoms with Crippen molar-refractivity contribution in [2.75, 3.05) is 6.61 Å². The first-order valence-electron chi connectivity index (χ1n) is 6.96. The molecular formula is C13H20N2O4. The van der Waals surface area contributed by atoms with Gasteiger partial charge in [0.05, 0.1) is 0 Å². The van der Waals surface area contributed by atoms with Gasteiger partial charge in [-0.05, 0) is 55.8 Å². The molecule has 4 bridgehead atoms. The molecule has 0 saturated heterocycles. The third-order valence-electron chi connectivity index (χ3n) is 5.10. The molecule has 0 aromatic heterocycles. The monoisotopic (exact) mass is 268 g/mol. The largest absolute Gasteiger partial charge is 0.351 e. The maximum absolute atomic E-state index is 11.4. The SMILES string of the molecule is CC(=O)NC12C[C@H]3C[C@@H](CC(CO[N+](=O)[O-])(C3)C1)C2. The molecule has 0 heterocycles. The Bertz CT molecular complexity index is 409. The zero-order chi connectivity index (χ0) is 13.7. The van der Waals surface area contributed by atoms with Crippen molar-refractivity contribution in [1.82, 2.24) is 5.32 Å². The Labute approximate surface area is 112 Å². The van der Waals surface area contributed by atoms with Crippen molar-refractivity contribution < 1.29 is 14.7 Å². The van der Waals surface area contributed by atoms with Crippen LogP contribution >= 0.6 is 0 Å². The summed E-state index contributed by atoms with van der Waals surface area (Å²) in [4.78, 5) is 26.6. The van der Waals surface area contributed by atoms with Crippen LogP contribution in [0.4, 0.5) is 0 Å². The maximum Gasteiger partial charge on any atom is 0.294 e. The molecule has 0 aromatic rings. The third-order valence-corrected chi connectivity index (χ3v) is 5.10. The van der Waals surface area contributed by atoms with Gasteiger partial charge in [-0.3, -0.25) is 4.79 Å². The third kappa shape index (κ3) is 2.28. The molecule has 6 nitrogen and oxygen atoms in total. The van der Waals surface area contributed by atoms with Gasteiger partial charge in [-0.1, -0.05) is 0 Å². The highest BCUT2D eigenvalue weighted by molar-refractivity contribution is 5.74. The van der Waals surface area contributed by atoms with E-state index in [1.54, 1.807) is 6.92 Å². The second kappa shape index (κ2) is 4.08. The predicted octanol–water partition coefficient (Wildman–Crippen LogP) is 1.67. The average molecular weight is 268 g/mol. The average Bonchev–Trinajstić information content (AvgIpc) is 2.22. The van der Waals surface area contributed by atoms with Crippen molar-refractivity contribution >= 4 is 5.91 Å². The van der Waals surface area contributed by atoms with Crippen molar-refractivity contribution in [3.05, 3.63) is 10.1 Å². The Morgan fingerprint density at radius 3 is 2.53 bits per heavy atom. The number of rotatable bonds is 4. The quantitative estimate of drug-likeness (QED) is 0.621. The first-order chi connectivity index (χ1) is 8.90. The van der Waals surface area contributed by atoms with E-state index in [4.69, 9.17) is 0 Å². The van der Waals surface area contributed by atoms with Crippen LogP contribution in [0.25, 0.3) is 0 Å². The van der Waals surface area contributed by atoms with Gasteiger partial charge in [0.1, 0.15) is 6.61 Å². The number of nitrogens with one attached hydrogen (secondary N) is 1. The van der Waals surface area contributed by atoms with E-state index in [1.807, 2.05) is 0 Å². The summed E-state index contributed by atoms with van der Waals surface area (Å²) in [6.07, 6.45) is 6.13. The summed E-state index contributed by atoms with van der Waals surface area (Å²) in [7, 11) is 0. The zero-order valence-electron chi connectivity index (χ0n) is 11.2. The lowest BCUT2D eigenvalue weighted by Crippen LogP contribution is -2.63. The van der Waals surface area contributed by atoms with E-state index in [0.717, 1.165) is 32.1 Å². The fraction of sp³-hybridized carbons (Fsp3) is 0.923. The molecule has 2 atom stereocenters. The standard InChI is InChI=1S/C13H20N2O4/c1-9(16)14-13-5-10-2-11(6-13)4-12(3-10,7-13)8-19-15(17)18/h10-11H,2-8H2,1H3,(H,14,16)/t10-,11-,12?,13?/m0/s1. The van der Waals surface area contributed by atoms with E-state index in [2.05, 4.69) is 10.2 Å². The second-order valence-corrected chi connectivity index (χ2v) is 6.92. The summed E-state index contributed by atoms with van der Waals surface area (Å²) in [5, 5.41) is 12.9. The lowest BCUT2D eigenvalue weighted by Gasteiger charge is -2.61. The second-order valence-electron chi connectivity index (χ2n) is 6.92. The van der Waals surface area contributed by atoms with Crippen LogP contribution in [0.3, 0.4) is 0 Å². The molecule has 106 valence electrons. The van der Waals surface area contributed by atoms with E-state index < -0.39 is 5.09 Å². The molecular weight excluding hydrogens is 248 g/mol. The molecule has 6 heteroatoms. The minimum atomic E-state index is -0.691. The van der Waals surface area contributed by atoms with Crippen molar-refractivity contribution in [3.8, 4) is 0 Å². The molecule has 0 aromatic carbocycles. The van der Waals surface area contributed by atoms with Crippen molar-refractivity contribution in [3.63, 3.8) is 0 Å². The van der Waals surface area contributed by atoms with Gasteiger partial charge in [0.15, 0.2) is 0 Å². The molecule has 4 aliphatic carbocycles. The number of carbonyl (C=O) groups is 1. The van der Waals surface area contributed by atoms with Crippen molar-refractivity contribution in [2.45, 2.75) is 51.0 Å². The first-order valence-corrected chi connectivity index (χ1v) is 6.96. The van der Waals surface area contributed by atoms with Gasteiger partial charge in [0, 0.05) is 12.5 Å². The van der Waals surface area contributed by atoms with Gasteiger partial charge in [-0.25, -0.2) is 0 Å². The summed E-state index contributed by atoms with van der Waals surface area (Å²) in [5.41, 5.74) is -0.227. The van der Waals surface area contributed by atoms with Crippen LogP contribution in [0.5, 0.6) is 0 Å². The van der Waals surface area contributed by atoms with E-state index in [-0.39, 0.29) is 23.5 Å².